The van der Waals surface area contributed by atoms with E-state index >= 15 is 0 Å². The second kappa shape index (κ2) is 11.9. The Labute approximate surface area is 241 Å². The highest BCUT2D eigenvalue weighted by molar-refractivity contribution is 5.99. The number of hydrogen-bond donors (Lipinski definition) is 2. The van der Waals surface area contributed by atoms with Gasteiger partial charge in [0.05, 0.1) is 18.3 Å². The van der Waals surface area contributed by atoms with Gasteiger partial charge in [0.1, 0.15) is 5.82 Å². The Morgan fingerprint density at radius 3 is 2.10 bits per heavy atom. The topological polar surface area (TPSA) is 95.1 Å². The maximum atomic E-state index is 12.7. The Bertz CT molecular complexity index is 1330. The molecule has 3 saturated heterocycles. The van der Waals surface area contributed by atoms with Crippen LogP contribution in [0.5, 0.6) is 5.88 Å². The van der Waals surface area contributed by atoms with Gasteiger partial charge in [-0.1, -0.05) is 0 Å². The van der Waals surface area contributed by atoms with Crippen LogP contribution in [0.2, 0.25) is 0 Å². The molecule has 10 nitrogen and oxygen atoms in total. The summed E-state index contributed by atoms with van der Waals surface area (Å²) in [6, 6.07) is 17.2. The molecule has 2 bridgehead atoms. The third kappa shape index (κ3) is 6.71. The minimum absolute atomic E-state index is 0.000420. The Morgan fingerprint density at radius 1 is 0.878 bits per heavy atom. The van der Waals surface area contributed by atoms with E-state index in [0.717, 1.165) is 69.2 Å². The van der Waals surface area contributed by atoms with E-state index in [-0.39, 0.29) is 24.3 Å². The fraction of sp³-hybridized carbons (Fsp3) is 0.452. The second-order valence-corrected chi connectivity index (χ2v) is 11.4. The van der Waals surface area contributed by atoms with Gasteiger partial charge >= 0.3 is 6.03 Å². The number of ether oxygens (including phenoxy) is 2. The zero-order chi connectivity index (χ0) is 28.3. The summed E-state index contributed by atoms with van der Waals surface area (Å²) in [6.45, 7) is 9.76. The summed E-state index contributed by atoms with van der Waals surface area (Å²) in [5.41, 5.74) is 3.45. The summed E-state index contributed by atoms with van der Waals surface area (Å²) < 4.78 is 12.0. The minimum atomic E-state index is -0.294. The SMILES string of the molecule is CC(C)Oc1cc(N2CC3CCC(C2)O3)nc(-c2ccc(NC(=O)Nc3ccc(N4CCN(C)CC4)cc3)cc2)n1. The molecule has 0 aliphatic carbocycles. The van der Waals surface area contributed by atoms with Gasteiger partial charge in [0.25, 0.3) is 0 Å². The van der Waals surface area contributed by atoms with E-state index in [2.05, 4.69) is 49.5 Å². The molecule has 0 saturated carbocycles. The maximum Gasteiger partial charge on any atom is 0.323 e. The van der Waals surface area contributed by atoms with Gasteiger partial charge in [-0.05, 0) is 82.3 Å². The predicted molar refractivity (Wildman–Crippen MR) is 162 cm³/mol. The first-order valence-electron chi connectivity index (χ1n) is 14.6. The van der Waals surface area contributed by atoms with Crippen LogP contribution in [-0.2, 0) is 4.74 Å². The highest BCUT2D eigenvalue weighted by atomic mass is 16.5. The molecule has 6 rings (SSSR count). The zero-order valence-corrected chi connectivity index (χ0v) is 24.0. The molecule has 1 aromatic heterocycles. The molecule has 2 unspecified atom stereocenters. The van der Waals surface area contributed by atoms with Crippen molar-refractivity contribution in [1.82, 2.24) is 14.9 Å². The van der Waals surface area contributed by atoms with Gasteiger partial charge in [-0.25, -0.2) is 9.78 Å². The smallest absolute Gasteiger partial charge is 0.323 e. The standard InChI is InChI=1S/C31H39N7O3/c1-21(2)40-29-18-28(38-19-26-12-13-27(20-38)41-26)34-30(35-29)22-4-6-23(7-5-22)32-31(39)33-24-8-10-25(11-9-24)37-16-14-36(3)15-17-37/h4-11,18,21,26-27H,12-17,19-20H2,1-3H3,(H2,32,33,39). The van der Waals surface area contributed by atoms with Gasteiger partial charge in [0.15, 0.2) is 5.82 Å². The Morgan fingerprint density at radius 2 is 1.49 bits per heavy atom. The summed E-state index contributed by atoms with van der Waals surface area (Å²) in [5.74, 6) is 2.00. The molecular weight excluding hydrogens is 518 g/mol. The predicted octanol–water partition coefficient (Wildman–Crippen LogP) is 4.69. The van der Waals surface area contributed by atoms with Crippen molar-refractivity contribution in [3.63, 3.8) is 0 Å². The van der Waals surface area contributed by atoms with Crippen molar-refractivity contribution in [1.29, 1.82) is 0 Å². The number of aromatic nitrogens is 2. The first kappa shape index (κ1) is 27.3. The van der Waals surface area contributed by atoms with Crippen LogP contribution in [0.3, 0.4) is 0 Å². The van der Waals surface area contributed by atoms with E-state index in [9.17, 15) is 4.79 Å². The molecular formula is C31H39N7O3. The lowest BCUT2D eigenvalue weighted by Crippen LogP contribution is -2.44. The van der Waals surface area contributed by atoms with E-state index in [1.54, 1.807) is 0 Å². The van der Waals surface area contributed by atoms with Gasteiger partial charge < -0.3 is 34.8 Å². The normalized spacial score (nSPS) is 20.8. The molecule has 2 aromatic carbocycles. The van der Waals surface area contributed by atoms with Crippen molar-refractivity contribution >= 4 is 28.9 Å². The second-order valence-electron chi connectivity index (χ2n) is 11.4. The van der Waals surface area contributed by atoms with Crippen molar-refractivity contribution < 1.29 is 14.3 Å². The molecule has 2 amide bonds. The van der Waals surface area contributed by atoms with Crippen molar-refractivity contribution in [2.75, 3.05) is 66.7 Å². The number of benzene rings is 2. The van der Waals surface area contributed by atoms with Crippen LogP contribution in [0.1, 0.15) is 26.7 Å². The fourth-order valence-corrected chi connectivity index (χ4v) is 5.62. The first-order valence-corrected chi connectivity index (χ1v) is 14.6. The molecule has 0 radical (unpaired) electrons. The average molecular weight is 558 g/mol. The summed E-state index contributed by atoms with van der Waals surface area (Å²) in [4.78, 5) is 29.3. The number of piperazine rings is 1. The summed E-state index contributed by atoms with van der Waals surface area (Å²) in [5, 5.41) is 5.84. The summed E-state index contributed by atoms with van der Waals surface area (Å²) in [7, 11) is 2.15. The van der Waals surface area contributed by atoms with Crippen LogP contribution >= 0.6 is 0 Å². The van der Waals surface area contributed by atoms with Crippen molar-refractivity contribution in [3.8, 4) is 17.3 Å². The minimum Gasteiger partial charge on any atom is -0.475 e. The maximum absolute atomic E-state index is 12.7. The quantitative estimate of drug-likeness (QED) is 0.432. The van der Waals surface area contributed by atoms with Crippen molar-refractivity contribution in [3.05, 3.63) is 54.6 Å². The molecule has 2 N–H and O–H groups in total. The van der Waals surface area contributed by atoms with Gasteiger partial charge in [-0.2, -0.15) is 4.98 Å². The molecule has 4 heterocycles. The number of likely N-dealkylation sites (N-methyl/N-ethyl adjacent to an activating group) is 1. The molecule has 216 valence electrons. The third-order valence-corrected chi connectivity index (χ3v) is 7.81. The zero-order valence-electron chi connectivity index (χ0n) is 24.0. The molecule has 41 heavy (non-hydrogen) atoms. The number of carbonyl (C=O) groups excluding carboxylic acids is 1. The molecule has 10 heteroatoms. The van der Waals surface area contributed by atoms with Crippen molar-refractivity contribution in [2.45, 2.75) is 45.0 Å². The monoisotopic (exact) mass is 557 g/mol. The number of rotatable bonds is 7. The van der Waals surface area contributed by atoms with Gasteiger partial charge in [0.2, 0.25) is 5.88 Å². The molecule has 3 aliphatic rings. The number of nitrogens with one attached hydrogen (secondary N) is 2. The van der Waals surface area contributed by atoms with Crippen LogP contribution in [-0.4, -0.2) is 85.5 Å². The van der Waals surface area contributed by atoms with Gasteiger partial charge in [-0.3, -0.25) is 0 Å². The summed E-state index contributed by atoms with van der Waals surface area (Å²) in [6.07, 6.45) is 2.71. The highest BCUT2D eigenvalue weighted by Crippen LogP contribution is 2.32. The number of morpholine rings is 1. The van der Waals surface area contributed by atoms with E-state index in [1.807, 2.05) is 56.3 Å². The van der Waals surface area contributed by atoms with E-state index in [0.29, 0.717) is 17.4 Å². The van der Waals surface area contributed by atoms with Crippen LogP contribution in [0.25, 0.3) is 11.4 Å². The van der Waals surface area contributed by atoms with E-state index in [1.165, 1.54) is 5.69 Å². The first-order chi connectivity index (χ1) is 19.9. The molecule has 3 fully saturated rings. The molecule has 3 aromatic rings. The van der Waals surface area contributed by atoms with Crippen LogP contribution in [0, 0.1) is 0 Å². The highest BCUT2D eigenvalue weighted by Gasteiger charge is 2.34. The third-order valence-electron chi connectivity index (χ3n) is 7.81. The number of carbonyl (C=O) groups is 1. The van der Waals surface area contributed by atoms with Gasteiger partial charge in [-0.15, -0.1) is 0 Å². The number of nitrogens with zero attached hydrogens (tertiary/aromatic N) is 5. The van der Waals surface area contributed by atoms with Crippen LogP contribution < -0.4 is 25.2 Å². The van der Waals surface area contributed by atoms with Gasteiger partial charge in [0, 0.05) is 68.0 Å². The van der Waals surface area contributed by atoms with E-state index in [4.69, 9.17) is 14.5 Å². The number of anilines is 4. The lowest BCUT2D eigenvalue weighted by atomic mass is 10.2. The lowest BCUT2D eigenvalue weighted by molar-refractivity contribution is 0.0302. The number of hydrogen-bond acceptors (Lipinski definition) is 8. The van der Waals surface area contributed by atoms with Crippen LogP contribution in [0.4, 0.5) is 27.7 Å². The largest absolute Gasteiger partial charge is 0.475 e. The Balaban J connectivity index is 1.10. The summed E-state index contributed by atoms with van der Waals surface area (Å²) >= 11 is 0. The molecule has 3 aliphatic heterocycles. The van der Waals surface area contributed by atoms with Crippen molar-refractivity contribution in [2.24, 2.45) is 0 Å². The number of fused-ring (bicyclic) bond motifs is 2. The Hall–Kier alpha value is -3.89. The van der Waals surface area contributed by atoms with E-state index < -0.39 is 0 Å². The fourth-order valence-electron chi connectivity index (χ4n) is 5.62. The number of amides is 2. The molecule has 0 spiro atoms. The number of urea groups is 1. The molecule has 2 atom stereocenters. The van der Waals surface area contributed by atoms with Crippen LogP contribution in [0.15, 0.2) is 54.6 Å². The average Bonchev–Trinajstić information content (AvgIpc) is 3.30. The Kier molecular flexibility index (Phi) is 7.93. The lowest BCUT2D eigenvalue weighted by Gasteiger charge is -2.34.